The predicted octanol–water partition coefficient (Wildman–Crippen LogP) is 2.09. The van der Waals surface area contributed by atoms with Crippen molar-refractivity contribution >= 4 is 34.6 Å². The minimum absolute atomic E-state index is 0.0557. The smallest absolute Gasteiger partial charge is 0.345 e. The number of aromatic amines is 1. The van der Waals surface area contributed by atoms with Crippen molar-refractivity contribution in [2.24, 2.45) is 5.73 Å². The van der Waals surface area contributed by atoms with Gasteiger partial charge >= 0.3 is 17.6 Å². The first kappa shape index (κ1) is 26.4. The van der Waals surface area contributed by atoms with E-state index in [0.717, 1.165) is 24.8 Å². The summed E-state index contributed by atoms with van der Waals surface area (Å²) in [5.41, 5.74) is 5.70. The molecule has 0 aliphatic heterocycles. The van der Waals surface area contributed by atoms with Crippen LogP contribution in [0.5, 0.6) is 0 Å². The topological polar surface area (TPSA) is 184 Å². The number of amides is 2. The molecule has 0 bridgehead atoms. The van der Waals surface area contributed by atoms with E-state index in [2.05, 4.69) is 25.5 Å². The van der Waals surface area contributed by atoms with Crippen LogP contribution in [-0.4, -0.2) is 52.8 Å². The highest BCUT2D eigenvalue weighted by Gasteiger charge is 2.14. The van der Waals surface area contributed by atoms with Crippen LogP contribution >= 0.6 is 0 Å². The molecule has 0 radical (unpaired) electrons. The number of anilines is 2. The number of hydrogen-bond acceptors (Lipinski definition) is 8. The molecule has 2 heterocycles. The Morgan fingerprint density at radius 1 is 1.17 bits per heavy atom. The van der Waals surface area contributed by atoms with Gasteiger partial charge in [-0.1, -0.05) is 0 Å². The summed E-state index contributed by atoms with van der Waals surface area (Å²) >= 11 is 0. The molecule has 0 unspecified atom stereocenters. The molecule has 192 valence electrons. The number of nitrogens with one attached hydrogen (secondary N) is 3. The van der Waals surface area contributed by atoms with Gasteiger partial charge in [0.1, 0.15) is 11.6 Å². The molecule has 3 aromatic rings. The Kier molecular flexibility index (Phi) is 8.79. The fraction of sp³-hybridized carbons (Fsp3) is 0.375. The maximum Gasteiger partial charge on any atom is 0.345 e. The van der Waals surface area contributed by atoms with E-state index in [1.165, 1.54) is 0 Å². The number of nitrogens with two attached hydrogens (primary N) is 1. The number of nitrogens with zero attached hydrogens (tertiary/aromatic N) is 2. The third kappa shape index (κ3) is 6.69. The molecule has 2 amide bonds. The third-order valence-electron chi connectivity index (χ3n) is 5.64. The van der Waals surface area contributed by atoms with E-state index < -0.39 is 29.2 Å². The van der Waals surface area contributed by atoms with Crippen LogP contribution in [0.2, 0.25) is 0 Å². The van der Waals surface area contributed by atoms with Crippen LogP contribution in [0.25, 0.3) is 22.2 Å². The van der Waals surface area contributed by atoms with Gasteiger partial charge in [-0.2, -0.15) is 0 Å². The van der Waals surface area contributed by atoms with Crippen LogP contribution in [0.1, 0.15) is 33.1 Å². The molecule has 1 atom stereocenters. The highest BCUT2D eigenvalue weighted by atomic mass is 16.4. The number of rotatable bonds is 11. The maximum absolute atomic E-state index is 12.7. The largest absolute Gasteiger partial charge is 0.480 e. The average Bonchev–Trinajstić information content (AvgIpc) is 2.83. The molecular weight excluding hydrogens is 468 g/mol. The zero-order valence-electron chi connectivity index (χ0n) is 20.2. The van der Waals surface area contributed by atoms with Crippen molar-refractivity contribution in [1.82, 2.24) is 15.3 Å². The summed E-state index contributed by atoms with van der Waals surface area (Å²) in [5.74, 6) is -1.21. The number of carboxylic acid groups (broad SMARTS) is 1. The molecule has 2 aromatic heterocycles. The van der Waals surface area contributed by atoms with Crippen molar-refractivity contribution in [3.05, 3.63) is 51.1 Å². The fourth-order valence-corrected chi connectivity index (χ4v) is 3.69. The summed E-state index contributed by atoms with van der Waals surface area (Å²) in [4.78, 5) is 56.5. The van der Waals surface area contributed by atoms with Crippen LogP contribution in [0.3, 0.4) is 0 Å². The van der Waals surface area contributed by atoms with Gasteiger partial charge in [0.15, 0.2) is 0 Å². The van der Waals surface area contributed by atoms with Crippen molar-refractivity contribution in [3.8, 4) is 11.3 Å². The maximum atomic E-state index is 12.7. The third-order valence-corrected chi connectivity index (χ3v) is 5.64. The number of unbranched alkanes of at least 4 members (excludes halogenated alkanes) is 1. The van der Waals surface area contributed by atoms with Crippen LogP contribution in [0.4, 0.5) is 16.4 Å². The minimum atomic E-state index is -1.07. The van der Waals surface area contributed by atoms with Crippen molar-refractivity contribution in [1.29, 1.82) is 0 Å². The van der Waals surface area contributed by atoms with Crippen LogP contribution < -0.4 is 32.5 Å². The molecule has 36 heavy (non-hydrogen) atoms. The second-order valence-electron chi connectivity index (χ2n) is 8.14. The number of H-pyrrole nitrogens is 1. The molecular formula is C24H30N6O6. The zero-order valence-corrected chi connectivity index (χ0v) is 20.2. The molecule has 0 aliphatic rings. The summed E-state index contributed by atoms with van der Waals surface area (Å²) in [7, 11) is 0. The molecule has 0 aliphatic carbocycles. The van der Waals surface area contributed by atoms with Crippen LogP contribution in [0, 0.1) is 0 Å². The second kappa shape index (κ2) is 12.0. The first-order chi connectivity index (χ1) is 17.2. The molecule has 0 fully saturated rings. The van der Waals surface area contributed by atoms with E-state index in [4.69, 9.17) is 15.3 Å². The Hall–Kier alpha value is -4.19. The molecule has 12 nitrogen and oxygen atoms in total. The molecule has 0 saturated heterocycles. The fourth-order valence-electron chi connectivity index (χ4n) is 3.69. The van der Waals surface area contributed by atoms with E-state index in [1.54, 1.807) is 12.1 Å². The van der Waals surface area contributed by atoms with Gasteiger partial charge in [-0.25, -0.2) is 14.6 Å². The van der Waals surface area contributed by atoms with Gasteiger partial charge in [0, 0.05) is 42.8 Å². The van der Waals surface area contributed by atoms with Gasteiger partial charge in [-0.3, -0.25) is 19.9 Å². The Balaban J connectivity index is 1.72. The average molecular weight is 499 g/mol. The molecule has 12 heteroatoms. The molecule has 6 N–H and O–H groups in total. The highest BCUT2D eigenvalue weighted by molar-refractivity contribution is 5.88. The van der Waals surface area contributed by atoms with Gasteiger partial charge in [0.25, 0.3) is 5.56 Å². The lowest BCUT2D eigenvalue weighted by Gasteiger charge is -2.21. The number of aliphatic carboxylic acids is 1. The molecule has 1 aromatic carbocycles. The highest BCUT2D eigenvalue weighted by Crippen LogP contribution is 2.24. The molecule has 0 saturated carbocycles. The zero-order chi connectivity index (χ0) is 26.2. The summed E-state index contributed by atoms with van der Waals surface area (Å²) < 4.78 is 5.52. The first-order valence-electron chi connectivity index (χ1n) is 11.7. The Bertz CT molecular complexity index is 1350. The Morgan fingerprint density at radius 2 is 1.92 bits per heavy atom. The van der Waals surface area contributed by atoms with Gasteiger partial charge in [0.05, 0.1) is 11.3 Å². The second-order valence-corrected chi connectivity index (χ2v) is 8.14. The quantitative estimate of drug-likeness (QED) is 0.195. The Labute approximate surface area is 206 Å². The predicted molar refractivity (Wildman–Crippen MR) is 136 cm³/mol. The van der Waals surface area contributed by atoms with Crippen molar-refractivity contribution in [2.75, 3.05) is 29.9 Å². The number of carbonyl (C=O) groups excluding carboxylic acids is 1. The van der Waals surface area contributed by atoms with E-state index in [1.807, 2.05) is 26.0 Å². The van der Waals surface area contributed by atoms with Gasteiger partial charge < -0.3 is 25.5 Å². The number of aromatic nitrogens is 2. The van der Waals surface area contributed by atoms with Crippen molar-refractivity contribution in [3.63, 3.8) is 0 Å². The molecule has 3 rings (SSSR count). The number of benzene rings is 1. The lowest BCUT2D eigenvalue weighted by Crippen LogP contribution is -2.32. The van der Waals surface area contributed by atoms with Gasteiger partial charge in [-0.05, 0) is 51.3 Å². The summed E-state index contributed by atoms with van der Waals surface area (Å²) in [6.45, 7) is 5.96. The lowest BCUT2D eigenvalue weighted by atomic mass is 10.1. The number of urea groups is 1. The van der Waals surface area contributed by atoms with Crippen molar-refractivity contribution < 1.29 is 19.1 Å². The van der Waals surface area contributed by atoms with E-state index in [9.17, 15) is 19.2 Å². The first-order valence-corrected chi connectivity index (χ1v) is 11.7. The summed E-state index contributed by atoms with van der Waals surface area (Å²) in [6, 6.07) is 6.75. The SMILES string of the molecule is CCN(CC)c1ccc2cc(-c3cc(=O)[nH]c(NC(=O)NCCCC[C@H](N)C(=O)O)n3)c(=O)oc2c1. The summed E-state index contributed by atoms with van der Waals surface area (Å²) in [6.07, 6.45) is 1.33. The number of hydrogen-bond donors (Lipinski definition) is 5. The lowest BCUT2D eigenvalue weighted by molar-refractivity contribution is -0.138. The number of carboxylic acids is 1. The number of carbonyl (C=O) groups is 2. The standard InChI is InChI=1S/C24H30N6O6/c1-3-30(4-2)15-9-8-14-11-16(22(34)36-19(14)12-15)18-13-20(31)28-23(27-18)29-24(35)26-10-6-5-7-17(25)21(32)33/h8-9,11-13,17H,3-7,10,25H2,1-2H3,(H,32,33)(H3,26,27,28,29,31,35)/t17-/m0/s1. The van der Waals surface area contributed by atoms with E-state index >= 15 is 0 Å². The van der Waals surface area contributed by atoms with E-state index in [0.29, 0.717) is 30.2 Å². The summed E-state index contributed by atoms with van der Waals surface area (Å²) in [5, 5.41) is 14.4. The van der Waals surface area contributed by atoms with Gasteiger partial charge in [0.2, 0.25) is 5.95 Å². The number of fused-ring (bicyclic) bond motifs is 1. The van der Waals surface area contributed by atoms with Crippen LogP contribution in [0.15, 0.2) is 44.3 Å². The van der Waals surface area contributed by atoms with E-state index in [-0.39, 0.29) is 23.8 Å². The monoisotopic (exact) mass is 498 g/mol. The van der Waals surface area contributed by atoms with Crippen LogP contribution in [-0.2, 0) is 4.79 Å². The van der Waals surface area contributed by atoms with Gasteiger partial charge in [-0.15, -0.1) is 0 Å². The van der Waals surface area contributed by atoms with Crippen molar-refractivity contribution in [2.45, 2.75) is 39.2 Å². The normalized spacial score (nSPS) is 11.8. The minimum Gasteiger partial charge on any atom is -0.480 e. The molecule has 0 spiro atoms. The Morgan fingerprint density at radius 3 is 2.61 bits per heavy atom.